The van der Waals surface area contributed by atoms with E-state index in [4.69, 9.17) is 21.1 Å². The Morgan fingerprint density at radius 1 is 1.43 bits per heavy atom. The first-order valence-corrected chi connectivity index (χ1v) is 7.85. The highest BCUT2D eigenvalue weighted by Crippen LogP contribution is 2.23. The minimum atomic E-state index is 0.0537. The fraction of sp³-hybridized carbons (Fsp3) is 0.562. The number of halogens is 1. The van der Waals surface area contributed by atoms with E-state index in [2.05, 4.69) is 12.2 Å². The molecule has 1 N–H and O–H groups in total. The molecule has 1 aromatic rings. The van der Waals surface area contributed by atoms with Gasteiger partial charge in [0, 0.05) is 36.3 Å². The van der Waals surface area contributed by atoms with Gasteiger partial charge in [0.15, 0.2) is 0 Å². The van der Waals surface area contributed by atoms with E-state index in [1.807, 2.05) is 12.1 Å². The summed E-state index contributed by atoms with van der Waals surface area (Å²) in [7, 11) is 0. The predicted octanol–water partition coefficient (Wildman–Crippen LogP) is 3.17. The van der Waals surface area contributed by atoms with Crippen LogP contribution in [0.4, 0.5) is 0 Å². The van der Waals surface area contributed by atoms with Gasteiger partial charge in [-0.05, 0) is 37.5 Å². The van der Waals surface area contributed by atoms with Gasteiger partial charge in [-0.3, -0.25) is 4.79 Å². The molecule has 1 amide bonds. The normalized spacial score (nSPS) is 15.7. The van der Waals surface area contributed by atoms with Gasteiger partial charge in [0.1, 0.15) is 5.75 Å². The van der Waals surface area contributed by atoms with E-state index in [-0.39, 0.29) is 11.8 Å². The number of rotatable bonds is 6. The maximum atomic E-state index is 12.1. The summed E-state index contributed by atoms with van der Waals surface area (Å²) in [5.41, 5.74) is 0.913. The average Bonchev–Trinajstić information content (AvgIpc) is 2.52. The summed E-state index contributed by atoms with van der Waals surface area (Å²) < 4.78 is 11.0. The molecule has 2 rings (SSSR count). The first-order chi connectivity index (χ1) is 10.2. The Morgan fingerprint density at radius 2 is 2.19 bits per heavy atom. The van der Waals surface area contributed by atoms with Crippen molar-refractivity contribution in [3.63, 3.8) is 0 Å². The topological polar surface area (TPSA) is 47.6 Å². The molecule has 0 aromatic heterocycles. The lowest BCUT2D eigenvalue weighted by atomic mass is 9.99. The molecule has 0 unspecified atom stereocenters. The van der Waals surface area contributed by atoms with Crippen LogP contribution in [0.25, 0.3) is 0 Å². The molecule has 0 bridgehead atoms. The van der Waals surface area contributed by atoms with Crippen LogP contribution in [-0.4, -0.2) is 25.7 Å². The van der Waals surface area contributed by atoms with Crippen molar-refractivity contribution in [1.82, 2.24) is 5.32 Å². The third kappa shape index (κ3) is 4.90. The van der Waals surface area contributed by atoms with Crippen molar-refractivity contribution in [1.29, 1.82) is 0 Å². The summed E-state index contributed by atoms with van der Waals surface area (Å²) in [5.74, 6) is 0.922. The lowest BCUT2D eigenvalue weighted by molar-refractivity contribution is -0.128. The lowest BCUT2D eigenvalue weighted by Gasteiger charge is -2.21. The van der Waals surface area contributed by atoms with Crippen LogP contribution < -0.4 is 10.1 Å². The summed E-state index contributed by atoms with van der Waals surface area (Å²) in [6, 6.07) is 5.50. The lowest BCUT2D eigenvalue weighted by Crippen LogP contribution is -2.33. The van der Waals surface area contributed by atoms with Gasteiger partial charge in [0.25, 0.3) is 0 Å². The third-order valence-corrected chi connectivity index (χ3v) is 3.76. The molecule has 1 saturated heterocycles. The molecule has 0 atom stereocenters. The molecule has 21 heavy (non-hydrogen) atoms. The second-order valence-electron chi connectivity index (χ2n) is 5.20. The number of hydrogen-bond acceptors (Lipinski definition) is 3. The molecule has 1 fully saturated rings. The Balaban J connectivity index is 1.94. The summed E-state index contributed by atoms with van der Waals surface area (Å²) in [6.45, 7) is 4.49. The van der Waals surface area contributed by atoms with Crippen molar-refractivity contribution in [3.05, 3.63) is 28.8 Å². The monoisotopic (exact) mass is 311 g/mol. The third-order valence-electron chi connectivity index (χ3n) is 3.53. The zero-order valence-corrected chi connectivity index (χ0v) is 13.1. The highest BCUT2D eigenvalue weighted by Gasteiger charge is 2.21. The number of ether oxygens (including phenoxy) is 2. The molecule has 0 spiro atoms. The SMILES string of the molecule is CCCOc1ccc(Cl)cc1CNC(=O)C1CCOCC1. The zero-order valence-electron chi connectivity index (χ0n) is 12.4. The van der Waals surface area contributed by atoms with Crippen LogP contribution in [0.15, 0.2) is 18.2 Å². The van der Waals surface area contributed by atoms with Crippen LogP contribution in [-0.2, 0) is 16.1 Å². The molecule has 0 aliphatic carbocycles. The van der Waals surface area contributed by atoms with Crippen molar-refractivity contribution >= 4 is 17.5 Å². The Kier molecular flexibility index (Phi) is 6.33. The molecular weight excluding hydrogens is 290 g/mol. The molecule has 0 saturated carbocycles. The minimum Gasteiger partial charge on any atom is -0.493 e. The molecule has 1 aromatic carbocycles. The van der Waals surface area contributed by atoms with Crippen LogP contribution in [0, 0.1) is 5.92 Å². The van der Waals surface area contributed by atoms with Crippen LogP contribution in [0.5, 0.6) is 5.75 Å². The molecule has 1 aliphatic heterocycles. The molecule has 0 radical (unpaired) electrons. The molecule has 1 aliphatic rings. The fourth-order valence-electron chi connectivity index (χ4n) is 2.33. The van der Waals surface area contributed by atoms with Crippen molar-refractivity contribution < 1.29 is 14.3 Å². The molecule has 5 heteroatoms. The van der Waals surface area contributed by atoms with E-state index in [1.54, 1.807) is 6.07 Å². The van der Waals surface area contributed by atoms with Crippen LogP contribution >= 0.6 is 11.6 Å². The number of carbonyl (C=O) groups excluding carboxylic acids is 1. The van der Waals surface area contributed by atoms with E-state index in [1.165, 1.54) is 0 Å². The van der Waals surface area contributed by atoms with Crippen molar-refractivity contribution in [2.75, 3.05) is 19.8 Å². The second-order valence-corrected chi connectivity index (χ2v) is 5.64. The molecule has 116 valence electrons. The first-order valence-electron chi connectivity index (χ1n) is 7.47. The number of hydrogen-bond donors (Lipinski definition) is 1. The van der Waals surface area contributed by atoms with E-state index in [0.29, 0.717) is 31.4 Å². The molecule has 1 heterocycles. The number of amides is 1. The smallest absolute Gasteiger partial charge is 0.223 e. The zero-order chi connectivity index (χ0) is 15.1. The maximum absolute atomic E-state index is 12.1. The summed E-state index contributed by atoms with van der Waals surface area (Å²) in [6.07, 6.45) is 2.53. The number of benzene rings is 1. The van der Waals surface area contributed by atoms with Gasteiger partial charge < -0.3 is 14.8 Å². The van der Waals surface area contributed by atoms with Gasteiger partial charge in [0.2, 0.25) is 5.91 Å². The quantitative estimate of drug-likeness (QED) is 0.878. The second kappa shape index (κ2) is 8.25. The fourth-order valence-corrected chi connectivity index (χ4v) is 2.52. The summed E-state index contributed by atoms with van der Waals surface area (Å²) in [4.78, 5) is 12.1. The molecular formula is C16H22ClNO3. The number of nitrogens with one attached hydrogen (secondary N) is 1. The van der Waals surface area contributed by atoms with E-state index < -0.39 is 0 Å². The van der Waals surface area contributed by atoms with E-state index >= 15 is 0 Å². The largest absolute Gasteiger partial charge is 0.493 e. The van der Waals surface area contributed by atoms with Gasteiger partial charge in [-0.25, -0.2) is 0 Å². The van der Waals surface area contributed by atoms with Gasteiger partial charge in [-0.2, -0.15) is 0 Å². The Bertz CT molecular complexity index is 473. The van der Waals surface area contributed by atoms with Crippen LogP contribution in [0.2, 0.25) is 5.02 Å². The van der Waals surface area contributed by atoms with Crippen molar-refractivity contribution in [2.24, 2.45) is 5.92 Å². The summed E-state index contributed by atoms with van der Waals surface area (Å²) in [5, 5.41) is 3.63. The Hall–Kier alpha value is -1.26. The van der Waals surface area contributed by atoms with Gasteiger partial charge in [0.05, 0.1) is 6.61 Å². The summed E-state index contributed by atoms with van der Waals surface area (Å²) >= 11 is 6.03. The number of carbonyl (C=O) groups is 1. The highest BCUT2D eigenvalue weighted by molar-refractivity contribution is 6.30. The maximum Gasteiger partial charge on any atom is 0.223 e. The van der Waals surface area contributed by atoms with Crippen molar-refractivity contribution in [3.8, 4) is 5.75 Å². The van der Waals surface area contributed by atoms with Gasteiger partial charge in [-0.1, -0.05) is 18.5 Å². The minimum absolute atomic E-state index is 0.0537. The van der Waals surface area contributed by atoms with Crippen LogP contribution in [0.3, 0.4) is 0 Å². The van der Waals surface area contributed by atoms with E-state index in [9.17, 15) is 4.79 Å². The van der Waals surface area contributed by atoms with Crippen molar-refractivity contribution in [2.45, 2.75) is 32.7 Å². The Morgan fingerprint density at radius 3 is 2.90 bits per heavy atom. The average molecular weight is 312 g/mol. The van der Waals surface area contributed by atoms with Crippen LogP contribution in [0.1, 0.15) is 31.7 Å². The van der Waals surface area contributed by atoms with Gasteiger partial charge >= 0.3 is 0 Å². The standard InChI is InChI=1S/C16H22ClNO3/c1-2-7-21-15-4-3-14(17)10-13(15)11-18-16(19)12-5-8-20-9-6-12/h3-4,10,12H,2,5-9,11H2,1H3,(H,18,19). The van der Waals surface area contributed by atoms with Gasteiger partial charge in [-0.15, -0.1) is 0 Å². The predicted molar refractivity (Wildman–Crippen MR) is 82.6 cm³/mol. The first kappa shape index (κ1) is 16.1. The Labute approximate surface area is 130 Å². The van der Waals surface area contributed by atoms with E-state index in [0.717, 1.165) is 30.6 Å². The molecule has 4 nitrogen and oxygen atoms in total. The highest BCUT2D eigenvalue weighted by atomic mass is 35.5.